The first-order valence-electron chi connectivity index (χ1n) is 11.9. The maximum Gasteiger partial charge on any atom is 0.250 e. The van der Waals surface area contributed by atoms with E-state index in [0.717, 1.165) is 5.69 Å². The lowest BCUT2D eigenvalue weighted by Gasteiger charge is -2.27. The number of nitrogens with zero attached hydrogens (tertiary/aromatic N) is 2. The van der Waals surface area contributed by atoms with Crippen LogP contribution in [-0.2, 0) is 9.53 Å². The van der Waals surface area contributed by atoms with Gasteiger partial charge in [-0.15, -0.1) is 0 Å². The minimum atomic E-state index is -0.434. The number of hydrogen-bond donors (Lipinski definition) is 2. The van der Waals surface area contributed by atoms with Crippen LogP contribution in [0.4, 0.5) is 15.8 Å². The van der Waals surface area contributed by atoms with Crippen LogP contribution in [0.3, 0.4) is 0 Å². The Kier molecular flexibility index (Phi) is 7.92. The molecule has 0 unspecified atom stereocenters. The third-order valence-corrected chi connectivity index (χ3v) is 7.19. The van der Waals surface area contributed by atoms with Gasteiger partial charge in [0.25, 0.3) is 0 Å². The van der Waals surface area contributed by atoms with E-state index in [1.54, 1.807) is 24.4 Å². The second-order valence-electron chi connectivity index (χ2n) is 8.69. The number of carbonyl (C=O) groups is 1. The van der Waals surface area contributed by atoms with Gasteiger partial charge >= 0.3 is 0 Å². The van der Waals surface area contributed by atoms with Crippen LogP contribution in [0.1, 0.15) is 23.5 Å². The minimum absolute atomic E-state index is 0.102. The number of hydrogen-bond acceptors (Lipinski definition) is 6. The lowest BCUT2D eigenvalue weighted by atomic mass is 10.0. The Balaban J connectivity index is 1.59. The summed E-state index contributed by atoms with van der Waals surface area (Å²) in [5.41, 5.74) is 2.65. The zero-order valence-electron chi connectivity index (χ0n) is 21.0. The molecule has 11 heteroatoms. The molecule has 1 amide bonds. The summed E-state index contributed by atoms with van der Waals surface area (Å²) in [5.74, 6) is 0.998. The molecule has 0 spiro atoms. The molecule has 1 aliphatic rings. The number of nitrogens with one attached hydrogen (secondary N) is 2. The highest BCUT2D eigenvalue weighted by Crippen LogP contribution is 2.44. The second kappa shape index (κ2) is 11.5. The summed E-state index contributed by atoms with van der Waals surface area (Å²) in [6, 6.07) is 18.4. The van der Waals surface area contributed by atoms with Crippen LogP contribution in [-0.4, -0.2) is 36.8 Å². The molecule has 5 rings (SSSR count). The van der Waals surface area contributed by atoms with Gasteiger partial charge in [-0.3, -0.25) is 9.78 Å². The summed E-state index contributed by atoms with van der Waals surface area (Å²) in [4.78, 5) is 18.8. The van der Waals surface area contributed by atoms with Crippen molar-refractivity contribution < 1.29 is 23.1 Å². The molecule has 39 heavy (non-hydrogen) atoms. The second-order valence-corrected chi connectivity index (χ2v) is 9.93. The Bertz CT molecular complexity index is 1520. The minimum Gasteiger partial charge on any atom is -0.495 e. The van der Waals surface area contributed by atoms with Crippen LogP contribution in [0.25, 0.3) is 11.3 Å². The van der Waals surface area contributed by atoms with Gasteiger partial charge in [0.1, 0.15) is 35.7 Å². The molecule has 200 valence electrons. The van der Waals surface area contributed by atoms with Gasteiger partial charge in [-0.05, 0) is 88.8 Å². The fourth-order valence-corrected chi connectivity index (χ4v) is 5.42. The number of methoxy groups -OCH3 is 2. The van der Waals surface area contributed by atoms with Crippen molar-refractivity contribution in [1.29, 1.82) is 0 Å². The maximum atomic E-state index is 13.7. The van der Waals surface area contributed by atoms with Crippen LogP contribution in [0.2, 0.25) is 0 Å². The number of rotatable bonds is 8. The number of halogens is 2. The lowest BCUT2D eigenvalue weighted by Crippen LogP contribution is -2.29. The molecule has 0 radical (unpaired) electrons. The molecule has 2 aromatic heterocycles. The van der Waals surface area contributed by atoms with Gasteiger partial charge < -0.3 is 29.4 Å². The van der Waals surface area contributed by atoms with E-state index in [2.05, 4.69) is 31.5 Å². The first-order valence-corrected chi connectivity index (χ1v) is 13.1. The SMILES string of the molecule is COCC(=O)Nc1cc(N2C(=S)N[C@H](c3ccccn3)[C@@H]2c2ccc(-c3ccc(F)cc3Br)o2)ccc1OC. The van der Waals surface area contributed by atoms with Crippen molar-refractivity contribution in [2.45, 2.75) is 12.1 Å². The van der Waals surface area contributed by atoms with Gasteiger partial charge in [0.15, 0.2) is 5.11 Å². The number of aromatic nitrogens is 1. The van der Waals surface area contributed by atoms with Crippen molar-refractivity contribution in [3.63, 3.8) is 0 Å². The van der Waals surface area contributed by atoms with Gasteiger partial charge in [-0.25, -0.2) is 4.39 Å². The molecular weight excluding hydrogens is 587 g/mol. The van der Waals surface area contributed by atoms with Gasteiger partial charge in [0.05, 0.1) is 24.5 Å². The van der Waals surface area contributed by atoms with E-state index in [-0.39, 0.29) is 24.4 Å². The summed E-state index contributed by atoms with van der Waals surface area (Å²) >= 11 is 9.23. The van der Waals surface area contributed by atoms with Crippen molar-refractivity contribution in [1.82, 2.24) is 10.3 Å². The average Bonchev–Trinajstić information content (AvgIpc) is 3.54. The van der Waals surface area contributed by atoms with Gasteiger partial charge in [0, 0.05) is 29.0 Å². The van der Waals surface area contributed by atoms with Crippen molar-refractivity contribution >= 4 is 50.5 Å². The average molecular weight is 611 g/mol. The van der Waals surface area contributed by atoms with E-state index in [0.29, 0.717) is 43.8 Å². The number of pyridine rings is 1. The van der Waals surface area contributed by atoms with Crippen LogP contribution >= 0.6 is 28.1 Å². The molecule has 0 bridgehead atoms. The molecule has 8 nitrogen and oxygen atoms in total. The van der Waals surface area contributed by atoms with Crippen molar-refractivity contribution in [2.24, 2.45) is 0 Å². The standard InChI is InChI=1S/C28H24BrFN4O4S/c1-36-15-25(35)32-21-14-17(7-9-23(21)37-2)34-27(26(33-28(34)39)20-5-3-4-12-31-20)24-11-10-22(38-24)18-8-6-16(30)13-19(18)29/h3-14,26-27H,15H2,1-2H3,(H,32,35)(H,33,39)/t26-,27+/m1/s1. The molecule has 3 heterocycles. The normalized spacial score (nSPS) is 16.7. The molecule has 0 aliphatic carbocycles. The first-order chi connectivity index (χ1) is 18.9. The molecule has 4 aromatic rings. The predicted octanol–water partition coefficient (Wildman–Crippen LogP) is 6.01. The largest absolute Gasteiger partial charge is 0.495 e. The van der Waals surface area contributed by atoms with E-state index in [9.17, 15) is 9.18 Å². The smallest absolute Gasteiger partial charge is 0.250 e. The van der Waals surface area contributed by atoms with Crippen LogP contribution in [0.5, 0.6) is 5.75 Å². The number of carbonyl (C=O) groups excluding carboxylic acids is 1. The summed E-state index contributed by atoms with van der Waals surface area (Å²) in [6.07, 6.45) is 1.72. The Morgan fingerprint density at radius 1 is 1.18 bits per heavy atom. The van der Waals surface area contributed by atoms with Crippen LogP contribution in [0.15, 0.2) is 81.8 Å². The third-order valence-electron chi connectivity index (χ3n) is 6.22. The van der Waals surface area contributed by atoms with Gasteiger partial charge in [0.2, 0.25) is 5.91 Å². The maximum absolute atomic E-state index is 13.7. The van der Waals surface area contributed by atoms with Crippen molar-refractivity contribution in [3.8, 4) is 17.1 Å². The van der Waals surface area contributed by atoms with Crippen LogP contribution in [0, 0.1) is 5.82 Å². The number of amides is 1. The summed E-state index contributed by atoms with van der Waals surface area (Å²) in [6.45, 7) is -0.102. The summed E-state index contributed by atoms with van der Waals surface area (Å²) in [7, 11) is 2.98. The zero-order valence-corrected chi connectivity index (χ0v) is 23.4. The lowest BCUT2D eigenvalue weighted by molar-refractivity contribution is -0.119. The predicted molar refractivity (Wildman–Crippen MR) is 153 cm³/mol. The fourth-order valence-electron chi connectivity index (χ4n) is 4.53. The van der Waals surface area contributed by atoms with E-state index < -0.39 is 6.04 Å². The van der Waals surface area contributed by atoms with E-state index in [1.165, 1.54) is 26.4 Å². The van der Waals surface area contributed by atoms with Crippen LogP contribution < -0.4 is 20.3 Å². The third kappa shape index (κ3) is 5.51. The molecule has 2 N–H and O–H groups in total. The Morgan fingerprint density at radius 3 is 2.74 bits per heavy atom. The highest BCUT2D eigenvalue weighted by molar-refractivity contribution is 9.10. The number of furan rings is 1. The molecule has 2 aromatic carbocycles. The quantitative estimate of drug-likeness (QED) is 0.234. The molecule has 1 fully saturated rings. The zero-order chi connectivity index (χ0) is 27.5. The van der Waals surface area contributed by atoms with E-state index >= 15 is 0 Å². The molecule has 1 saturated heterocycles. The first kappa shape index (κ1) is 26.8. The molecule has 0 saturated carbocycles. The topological polar surface area (TPSA) is 88.9 Å². The van der Waals surface area contributed by atoms with E-state index in [1.807, 2.05) is 41.3 Å². The number of anilines is 2. The Labute approximate surface area is 238 Å². The fraction of sp³-hybridized carbons (Fsp3) is 0.179. The van der Waals surface area contributed by atoms with Gasteiger partial charge in [-0.2, -0.15) is 0 Å². The number of benzene rings is 2. The monoisotopic (exact) mass is 610 g/mol. The number of thiocarbonyl (C=S) groups is 1. The highest BCUT2D eigenvalue weighted by Gasteiger charge is 2.43. The van der Waals surface area contributed by atoms with Gasteiger partial charge in [-0.1, -0.05) is 6.07 Å². The Hall–Kier alpha value is -3.80. The number of ether oxygens (including phenoxy) is 2. The molecule has 2 atom stereocenters. The summed E-state index contributed by atoms with van der Waals surface area (Å²) < 4.78 is 31.1. The van der Waals surface area contributed by atoms with E-state index in [4.69, 9.17) is 26.1 Å². The molecular formula is C28H24BrFN4O4S. The highest BCUT2D eigenvalue weighted by atomic mass is 79.9. The molecule has 1 aliphatic heterocycles. The Morgan fingerprint density at radius 2 is 2.03 bits per heavy atom. The van der Waals surface area contributed by atoms with Crippen molar-refractivity contribution in [3.05, 3.63) is 94.7 Å². The summed E-state index contributed by atoms with van der Waals surface area (Å²) in [5, 5.41) is 6.66. The van der Waals surface area contributed by atoms with Crippen molar-refractivity contribution in [2.75, 3.05) is 31.0 Å².